The minimum absolute atomic E-state index is 0.134. The molecule has 3 rings (SSSR count). The van der Waals surface area contributed by atoms with Gasteiger partial charge in [-0.2, -0.15) is 0 Å². The van der Waals surface area contributed by atoms with Crippen molar-refractivity contribution in [3.05, 3.63) is 42.2 Å². The molecule has 1 aromatic carbocycles. The molecule has 1 fully saturated rings. The first-order chi connectivity index (χ1) is 9.05. The molecule has 1 atom stereocenters. The lowest BCUT2D eigenvalue weighted by molar-refractivity contribution is 0.0991. The first-order valence-corrected chi connectivity index (χ1v) is 7.17. The number of rotatable bonds is 1. The second kappa shape index (κ2) is 4.31. The minimum atomic E-state index is -0.242. The fraction of sp³-hybridized carbons (Fsp3) is 0.471. The van der Waals surface area contributed by atoms with Gasteiger partial charge in [0.1, 0.15) is 0 Å². The van der Waals surface area contributed by atoms with Crippen molar-refractivity contribution in [3.8, 4) is 0 Å². The zero-order valence-corrected chi connectivity index (χ0v) is 11.8. The highest BCUT2D eigenvalue weighted by Gasteiger charge is 2.45. The standard InChI is InChI=1S/C17H22N2/c1-16(2)9-3-4-10-17(16,18)15-7-5-6-13-8-11-19-12-14(13)15/h5-8,11-12H,3-4,9-10,18H2,1-2H3. The summed E-state index contributed by atoms with van der Waals surface area (Å²) in [5.41, 5.74) is 8.05. The van der Waals surface area contributed by atoms with Crippen LogP contribution in [0.3, 0.4) is 0 Å². The molecule has 0 radical (unpaired) electrons. The Balaban J connectivity index is 2.23. The van der Waals surface area contributed by atoms with E-state index in [1.165, 1.54) is 35.6 Å². The minimum Gasteiger partial charge on any atom is -0.321 e. The summed E-state index contributed by atoms with van der Waals surface area (Å²) in [6.07, 6.45) is 8.57. The number of nitrogens with zero attached hydrogens (tertiary/aromatic N) is 1. The van der Waals surface area contributed by atoms with E-state index in [1.54, 1.807) is 0 Å². The summed E-state index contributed by atoms with van der Waals surface area (Å²) in [4.78, 5) is 4.29. The average molecular weight is 254 g/mol. The van der Waals surface area contributed by atoms with Gasteiger partial charge in [0.25, 0.3) is 0 Å². The third-order valence-corrected chi connectivity index (χ3v) is 4.99. The fourth-order valence-corrected chi connectivity index (χ4v) is 3.53. The largest absolute Gasteiger partial charge is 0.321 e. The van der Waals surface area contributed by atoms with E-state index < -0.39 is 0 Å². The number of hydrogen-bond donors (Lipinski definition) is 1. The Kier molecular flexibility index (Phi) is 2.86. The lowest BCUT2D eigenvalue weighted by Crippen LogP contribution is -2.51. The topological polar surface area (TPSA) is 38.9 Å². The van der Waals surface area contributed by atoms with E-state index >= 15 is 0 Å². The highest BCUT2D eigenvalue weighted by molar-refractivity contribution is 5.85. The van der Waals surface area contributed by atoms with Gasteiger partial charge < -0.3 is 5.73 Å². The van der Waals surface area contributed by atoms with Crippen LogP contribution in [0.5, 0.6) is 0 Å². The molecule has 1 aliphatic rings. The smallest absolute Gasteiger partial charge is 0.0468 e. The lowest BCUT2D eigenvalue weighted by Gasteiger charge is -2.48. The van der Waals surface area contributed by atoms with Gasteiger partial charge in [-0.1, -0.05) is 44.9 Å². The van der Waals surface area contributed by atoms with E-state index in [0.29, 0.717) is 0 Å². The predicted molar refractivity (Wildman–Crippen MR) is 79.9 cm³/mol. The van der Waals surface area contributed by atoms with E-state index in [-0.39, 0.29) is 11.0 Å². The van der Waals surface area contributed by atoms with E-state index in [4.69, 9.17) is 5.73 Å². The van der Waals surface area contributed by atoms with Crippen LogP contribution >= 0.6 is 0 Å². The maximum Gasteiger partial charge on any atom is 0.0468 e. The van der Waals surface area contributed by atoms with E-state index in [9.17, 15) is 0 Å². The highest BCUT2D eigenvalue weighted by atomic mass is 14.8. The Labute approximate surface area is 115 Å². The maximum absolute atomic E-state index is 6.90. The van der Waals surface area contributed by atoms with Gasteiger partial charge in [-0.05, 0) is 35.3 Å². The van der Waals surface area contributed by atoms with Crippen LogP contribution in [0.25, 0.3) is 10.8 Å². The van der Waals surface area contributed by atoms with Crippen molar-refractivity contribution in [2.45, 2.75) is 45.1 Å². The average Bonchev–Trinajstić information content (AvgIpc) is 2.41. The van der Waals surface area contributed by atoms with Crippen LogP contribution in [0, 0.1) is 5.41 Å². The second-order valence-corrected chi connectivity index (χ2v) is 6.46. The van der Waals surface area contributed by atoms with Crippen LogP contribution in [0.1, 0.15) is 45.1 Å². The number of hydrogen-bond acceptors (Lipinski definition) is 2. The third kappa shape index (κ3) is 1.86. The lowest BCUT2D eigenvalue weighted by atomic mass is 9.60. The third-order valence-electron chi connectivity index (χ3n) is 4.99. The van der Waals surface area contributed by atoms with E-state index in [1.807, 2.05) is 12.4 Å². The number of aromatic nitrogens is 1. The van der Waals surface area contributed by atoms with E-state index in [2.05, 4.69) is 43.1 Å². The molecule has 0 bridgehead atoms. The van der Waals surface area contributed by atoms with Crippen molar-refractivity contribution >= 4 is 10.8 Å². The molecule has 2 N–H and O–H groups in total. The molecule has 1 heterocycles. The van der Waals surface area contributed by atoms with Crippen LogP contribution in [-0.2, 0) is 5.54 Å². The van der Waals surface area contributed by atoms with Crippen LogP contribution in [0.2, 0.25) is 0 Å². The van der Waals surface area contributed by atoms with Crippen LogP contribution < -0.4 is 5.73 Å². The van der Waals surface area contributed by atoms with E-state index in [0.717, 1.165) is 6.42 Å². The molecule has 2 nitrogen and oxygen atoms in total. The van der Waals surface area contributed by atoms with Gasteiger partial charge in [-0.25, -0.2) is 0 Å². The maximum atomic E-state index is 6.90. The number of nitrogens with two attached hydrogens (primary N) is 1. The molecule has 2 aromatic rings. The van der Waals surface area contributed by atoms with Crippen LogP contribution in [-0.4, -0.2) is 4.98 Å². The van der Waals surface area contributed by atoms with Crippen molar-refractivity contribution in [2.75, 3.05) is 0 Å². The van der Waals surface area contributed by atoms with Gasteiger partial charge >= 0.3 is 0 Å². The number of pyridine rings is 1. The molecule has 100 valence electrons. The highest BCUT2D eigenvalue weighted by Crippen LogP contribution is 2.49. The Morgan fingerprint density at radius 3 is 2.68 bits per heavy atom. The summed E-state index contributed by atoms with van der Waals surface area (Å²) in [5, 5.41) is 2.45. The SMILES string of the molecule is CC1(C)CCCCC1(N)c1cccc2ccncc12. The summed E-state index contributed by atoms with van der Waals surface area (Å²) in [7, 11) is 0. The van der Waals surface area contributed by atoms with Crippen molar-refractivity contribution in [1.82, 2.24) is 4.98 Å². The first kappa shape index (κ1) is 12.6. The van der Waals surface area contributed by atoms with Gasteiger partial charge in [0.05, 0.1) is 0 Å². The van der Waals surface area contributed by atoms with Crippen molar-refractivity contribution in [2.24, 2.45) is 11.1 Å². The van der Waals surface area contributed by atoms with Crippen molar-refractivity contribution in [1.29, 1.82) is 0 Å². The van der Waals surface area contributed by atoms with Crippen molar-refractivity contribution in [3.63, 3.8) is 0 Å². The zero-order chi connectivity index (χ0) is 13.5. The Morgan fingerprint density at radius 1 is 1.11 bits per heavy atom. The van der Waals surface area contributed by atoms with Crippen LogP contribution in [0.4, 0.5) is 0 Å². The molecule has 1 aliphatic carbocycles. The second-order valence-electron chi connectivity index (χ2n) is 6.46. The van der Waals surface area contributed by atoms with Gasteiger partial charge in [0, 0.05) is 23.3 Å². The summed E-state index contributed by atoms with van der Waals surface area (Å²) in [6.45, 7) is 4.61. The fourth-order valence-electron chi connectivity index (χ4n) is 3.53. The summed E-state index contributed by atoms with van der Waals surface area (Å²) >= 11 is 0. The van der Waals surface area contributed by atoms with Crippen LogP contribution in [0.15, 0.2) is 36.7 Å². The molecule has 0 amide bonds. The molecule has 1 aromatic heterocycles. The molecule has 2 heteroatoms. The zero-order valence-electron chi connectivity index (χ0n) is 11.8. The summed E-state index contributed by atoms with van der Waals surface area (Å²) in [5.74, 6) is 0. The molecule has 19 heavy (non-hydrogen) atoms. The number of fused-ring (bicyclic) bond motifs is 1. The quantitative estimate of drug-likeness (QED) is 0.835. The molecule has 1 saturated carbocycles. The molecular weight excluding hydrogens is 232 g/mol. The Morgan fingerprint density at radius 2 is 1.89 bits per heavy atom. The summed E-state index contributed by atoms with van der Waals surface area (Å²) < 4.78 is 0. The summed E-state index contributed by atoms with van der Waals surface area (Å²) in [6, 6.07) is 8.52. The van der Waals surface area contributed by atoms with Gasteiger partial charge in [-0.15, -0.1) is 0 Å². The van der Waals surface area contributed by atoms with Gasteiger partial charge in [0.15, 0.2) is 0 Å². The Bertz CT molecular complexity index is 598. The Hall–Kier alpha value is -1.41. The molecule has 0 saturated heterocycles. The number of benzene rings is 1. The molecule has 0 spiro atoms. The first-order valence-electron chi connectivity index (χ1n) is 7.17. The molecule has 0 aliphatic heterocycles. The monoisotopic (exact) mass is 254 g/mol. The normalized spacial score (nSPS) is 26.5. The van der Waals surface area contributed by atoms with Gasteiger partial charge in [0.2, 0.25) is 0 Å². The van der Waals surface area contributed by atoms with Crippen molar-refractivity contribution < 1.29 is 0 Å². The van der Waals surface area contributed by atoms with Gasteiger partial charge in [-0.3, -0.25) is 4.98 Å². The molecular formula is C17H22N2. The molecule has 1 unspecified atom stereocenters. The predicted octanol–water partition coefficient (Wildman–Crippen LogP) is 3.99.